The molecule has 2 aliphatic rings. The Kier molecular flexibility index (Phi) is 4.82. The van der Waals surface area contributed by atoms with E-state index < -0.39 is 0 Å². The summed E-state index contributed by atoms with van der Waals surface area (Å²) in [5, 5.41) is 0. The van der Waals surface area contributed by atoms with E-state index >= 15 is 0 Å². The molecule has 4 atom stereocenters. The van der Waals surface area contributed by atoms with Gasteiger partial charge in [0.1, 0.15) is 0 Å². The number of nitrogens with two attached hydrogens (primary N) is 1. The minimum Gasteiger partial charge on any atom is -0.393 e. The third kappa shape index (κ3) is 3.28. The van der Waals surface area contributed by atoms with Gasteiger partial charge in [-0.1, -0.05) is 32.0 Å². The Morgan fingerprint density at radius 2 is 2.16 bits per heavy atom. The highest BCUT2D eigenvalue weighted by atomic mass is 32.1. The number of nitrogens with zero attached hydrogens (tertiary/aromatic N) is 1. The van der Waals surface area contributed by atoms with Crippen molar-refractivity contribution in [1.29, 1.82) is 0 Å². The predicted octanol–water partition coefficient (Wildman–Crippen LogP) is 2.58. The minimum atomic E-state index is -0.261. The molecule has 1 amide bonds. The molecular weight excluding hydrogens is 256 g/mol. The summed E-state index contributed by atoms with van der Waals surface area (Å²) >= 11 is 5.04. The van der Waals surface area contributed by atoms with Crippen LogP contribution < -0.4 is 5.73 Å². The van der Waals surface area contributed by atoms with E-state index in [9.17, 15) is 4.79 Å². The van der Waals surface area contributed by atoms with Crippen LogP contribution in [0.15, 0.2) is 0 Å². The van der Waals surface area contributed by atoms with E-state index in [2.05, 4.69) is 6.92 Å². The fraction of sp³-hybridized carbons (Fsp3) is 0.867. The van der Waals surface area contributed by atoms with Crippen LogP contribution in [0.3, 0.4) is 0 Å². The van der Waals surface area contributed by atoms with E-state index in [1.54, 1.807) is 0 Å². The largest absolute Gasteiger partial charge is 0.393 e. The lowest BCUT2D eigenvalue weighted by Gasteiger charge is -2.29. The summed E-state index contributed by atoms with van der Waals surface area (Å²) in [6, 6.07) is 0. The number of carbonyl (C=O) groups is 1. The molecule has 108 valence electrons. The van der Waals surface area contributed by atoms with Crippen LogP contribution >= 0.6 is 12.2 Å². The van der Waals surface area contributed by atoms with Crippen molar-refractivity contribution in [3.8, 4) is 0 Å². The molecule has 2 rings (SSSR count). The molecule has 2 fully saturated rings. The molecule has 2 bridgehead atoms. The topological polar surface area (TPSA) is 46.3 Å². The third-order valence-electron chi connectivity index (χ3n) is 4.99. The van der Waals surface area contributed by atoms with Gasteiger partial charge in [-0.3, -0.25) is 4.79 Å². The Bertz CT molecular complexity index is 358. The standard InChI is InChI=1S/C15H26N2OS/c1-3-4-13(14(16)19)15(18)17(2)9-12-8-10-5-6-11(12)7-10/h10-13H,3-9H2,1-2H3,(H2,16,19). The van der Waals surface area contributed by atoms with Crippen molar-refractivity contribution in [2.24, 2.45) is 29.4 Å². The van der Waals surface area contributed by atoms with Crippen LogP contribution in [0.4, 0.5) is 0 Å². The van der Waals surface area contributed by atoms with E-state index in [1.165, 1.54) is 25.7 Å². The summed E-state index contributed by atoms with van der Waals surface area (Å²) in [4.78, 5) is 14.7. The molecule has 0 spiro atoms. The van der Waals surface area contributed by atoms with Crippen molar-refractivity contribution >= 4 is 23.1 Å². The maximum Gasteiger partial charge on any atom is 0.232 e. The van der Waals surface area contributed by atoms with E-state index in [4.69, 9.17) is 18.0 Å². The molecule has 0 aromatic rings. The van der Waals surface area contributed by atoms with Crippen molar-refractivity contribution in [3.63, 3.8) is 0 Å². The lowest BCUT2D eigenvalue weighted by Crippen LogP contribution is -2.41. The molecule has 0 aromatic carbocycles. The normalized spacial score (nSPS) is 30.3. The second-order valence-electron chi connectivity index (χ2n) is 6.40. The van der Waals surface area contributed by atoms with Gasteiger partial charge in [0.2, 0.25) is 5.91 Å². The third-order valence-corrected chi connectivity index (χ3v) is 5.27. The van der Waals surface area contributed by atoms with E-state index in [0.29, 0.717) is 10.9 Å². The summed E-state index contributed by atoms with van der Waals surface area (Å²) in [5.41, 5.74) is 5.71. The highest BCUT2D eigenvalue weighted by Crippen LogP contribution is 2.48. The smallest absolute Gasteiger partial charge is 0.232 e. The molecular formula is C15H26N2OS. The van der Waals surface area contributed by atoms with Gasteiger partial charge < -0.3 is 10.6 Å². The number of thiocarbonyl (C=S) groups is 1. The molecule has 2 aliphatic carbocycles. The second kappa shape index (κ2) is 6.21. The van der Waals surface area contributed by atoms with Crippen LogP contribution in [-0.2, 0) is 4.79 Å². The van der Waals surface area contributed by atoms with Gasteiger partial charge in [-0.15, -0.1) is 0 Å². The minimum absolute atomic E-state index is 0.122. The Morgan fingerprint density at radius 3 is 2.63 bits per heavy atom. The molecule has 0 aliphatic heterocycles. The molecule has 19 heavy (non-hydrogen) atoms. The van der Waals surface area contributed by atoms with Crippen LogP contribution in [0.1, 0.15) is 45.4 Å². The summed E-state index contributed by atoms with van der Waals surface area (Å²) in [5.74, 6) is 2.36. The van der Waals surface area contributed by atoms with Gasteiger partial charge in [-0.2, -0.15) is 0 Å². The quantitative estimate of drug-likeness (QED) is 0.762. The maximum absolute atomic E-state index is 12.4. The van der Waals surface area contributed by atoms with E-state index in [0.717, 1.165) is 31.2 Å². The number of hydrogen-bond donors (Lipinski definition) is 1. The van der Waals surface area contributed by atoms with Gasteiger partial charge in [0.15, 0.2) is 0 Å². The Morgan fingerprint density at radius 1 is 1.42 bits per heavy atom. The van der Waals surface area contributed by atoms with E-state index in [1.807, 2.05) is 11.9 Å². The van der Waals surface area contributed by atoms with Crippen LogP contribution in [0.2, 0.25) is 0 Å². The summed E-state index contributed by atoms with van der Waals surface area (Å²) in [7, 11) is 1.91. The highest BCUT2D eigenvalue weighted by Gasteiger charge is 2.40. The predicted molar refractivity (Wildman–Crippen MR) is 81.8 cm³/mol. The molecule has 2 N–H and O–H groups in total. The Labute approximate surface area is 121 Å². The maximum atomic E-state index is 12.4. The molecule has 4 unspecified atom stereocenters. The first-order valence-corrected chi connectivity index (χ1v) is 7.98. The summed E-state index contributed by atoms with van der Waals surface area (Å²) in [6.45, 7) is 2.96. The number of rotatable bonds is 6. The SMILES string of the molecule is CCCC(C(=O)N(C)CC1CC2CCC1C2)C(N)=S. The molecule has 0 aromatic heterocycles. The van der Waals surface area contributed by atoms with Crippen LogP contribution in [0, 0.1) is 23.7 Å². The number of fused-ring (bicyclic) bond motifs is 2. The van der Waals surface area contributed by atoms with Gasteiger partial charge in [-0.25, -0.2) is 0 Å². The van der Waals surface area contributed by atoms with Crippen molar-refractivity contribution in [3.05, 3.63) is 0 Å². The second-order valence-corrected chi connectivity index (χ2v) is 6.87. The molecule has 2 saturated carbocycles. The molecule has 0 heterocycles. The zero-order valence-electron chi connectivity index (χ0n) is 12.1. The van der Waals surface area contributed by atoms with Crippen LogP contribution in [0.25, 0.3) is 0 Å². The molecule has 0 radical (unpaired) electrons. The summed E-state index contributed by atoms with van der Waals surface area (Å²) < 4.78 is 0. The van der Waals surface area contributed by atoms with Gasteiger partial charge >= 0.3 is 0 Å². The van der Waals surface area contributed by atoms with Gasteiger partial charge in [0, 0.05) is 13.6 Å². The molecule has 0 saturated heterocycles. The first kappa shape index (κ1) is 14.8. The lowest BCUT2D eigenvalue weighted by atomic mass is 9.88. The van der Waals surface area contributed by atoms with Crippen LogP contribution in [-0.4, -0.2) is 29.4 Å². The van der Waals surface area contributed by atoms with Gasteiger partial charge in [-0.05, 0) is 43.4 Å². The number of amides is 1. The number of hydrogen-bond acceptors (Lipinski definition) is 2. The zero-order chi connectivity index (χ0) is 14.0. The van der Waals surface area contributed by atoms with Crippen molar-refractivity contribution in [2.45, 2.75) is 45.4 Å². The fourth-order valence-corrected chi connectivity index (χ4v) is 4.20. The van der Waals surface area contributed by atoms with Crippen molar-refractivity contribution in [1.82, 2.24) is 4.90 Å². The van der Waals surface area contributed by atoms with Crippen molar-refractivity contribution < 1.29 is 4.79 Å². The lowest BCUT2D eigenvalue weighted by molar-refractivity contribution is -0.133. The highest BCUT2D eigenvalue weighted by molar-refractivity contribution is 7.80. The average molecular weight is 282 g/mol. The van der Waals surface area contributed by atoms with Crippen molar-refractivity contribution in [2.75, 3.05) is 13.6 Å². The molecule has 4 heteroatoms. The Balaban J connectivity index is 1.89. The first-order chi connectivity index (χ1) is 9.02. The van der Waals surface area contributed by atoms with E-state index in [-0.39, 0.29) is 11.8 Å². The number of carbonyl (C=O) groups excluding carboxylic acids is 1. The van der Waals surface area contributed by atoms with Crippen LogP contribution in [0.5, 0.6) is 0 Å². The monoisotopic (exact) mass is 282 g/mol. The Hall–Kier alpha value is -0.640. The average Bonchev–Trinajstić information content (AvgIpc) is 2.96. The summed E-state index contributed by atoms with van der Waals surface area (Å²) in [6.07, 6.45) is 7.19. The zero-order valence-corrected chi connectivity index (χ0v) is 12.9. The fourth-order valence-electron chi connectivity index (χ4n) is 3.98. The first-order valence-electron chi connectivity index (χ1n) is 7.57. The van der Waals surface area contributed by atoms with Gasteiger partial charge in [0.25, 0.3) is 0 Å². The van der Waals surface area contributed by atoms with Gasteiger partial charge in [0.05, 0.1) is 10.9 Å². The molecule has 3 nitrogen and oxygen atoms in total.